The highest BCUT2D eigenvalue weighted by Gasteiger charge is 2.36. The first-order valence-corrected chi connectivity index (χ1v) is 11.2. The van der Waals surface area contributed by atoms with Crippen molar-refractivity contribution in [1.29, 1.82) is 0 Å². The van der Waals surface area contributed by atoms with Crippen molar-refractivity contribution in [3.63, 3.8) is 0 Å². The number of carbonyl (C=O) groups excluding carboxylic acids is 1. The maximum absolute atomic E-state index is 13.3. The lowest BCUT2D eigenvalue weighted by Crippen LogP contribution is -2.52. The Balaban J connectivity index is 1.55. The normalized spacial score (nSPS) is 22.0. The third-order valence-corrected chi connectivity index (χ3v) is 6.22. The van der Waals surface area contributed by atoms with Gasteiger partial charge in [-0.1, -0.05) is 36.3 Å². The van der Waals surface area contributed by atoms with E-state index in [0.29, 0.717) is 64.1 Å². The van der Waals surface area contributed by atoms with Gasteiger partial charge in [0.15, 0.2) is 5.82 Å². The van der Waals surface area contributed by atoms with Gasteiger partial charge in [0, 0.05) is 45.6 Å². The fraction of sp³-hybridized carbons (Fsp3) is 0.609. The number of amides is 2. The van der Waals surface area contributed by atoms with Gasteiger partial charge in [0.25, 0.3) is 0 Å². The van der Waals surface area contributed by atoms with Crippen LogP contribution in [0, 0.1) is 0 Å². The first-order chi connectivity index (χ1) is 15.2. The van der Waals surface area contributed by atoms with Gasteiger partial charge in [-0.2, -0.15) is 4.98 Å². The number of ether oxygens (including phenoxy) is 2. The Morgan fingerprint density at radius 2 is 1.87 bits per heavy atom. The number of carbonyl (C=O) groups is 1. The smallest absolute Gasteiger partial charge is 0.320 e. The number of piperidine rings is 1. The molecule has 4 rings (SSSR count). The number of methoxy groups -OCH3 is 1. The quantitative estimate of drug-likeness (QED) is 0.704. The zero-order valence-corrected chi connectivity index (χ0v) is 18.5. The Hall–Kier alpha value is -2.45. The maximum Gasteiger partial charge on any atom is 0.320 e. The van der Waals surface area contributed by atoms with Crippen LogP contribution < -0.4 is 0 Å². The number of hydrogen-bond donors (Lipinski definition) is 0. The summed E-state index contributed by atoms with van der Waals surface area (Å²) in [6, 6.07) is 8.83. The second-order valence-corrected chi connectivity index (χ2v) is 8.30. The minimum atomic E-state index is 0.0124. The highest BCUT2D eigenvalue weighted by atomic mass is 16.5. The molecular formula is C23H32N4O4. The molecule has 2 unspecified atom stereocenters. The van der Waals surface area contributed by atoms with Gasteiger partial charge in [-0.3, -0.25) is 0 Å². The highest BCUT2D eigenvalue weighted by molar-refractivity contribution is 5.75. The van der Waals surface area contributed by atoms with Gasteiger partial charge in [-0.25, -0.2) is 4.79 Å². The van der Waals surface area contributed by atoms with Crippen LogP contribution in [0.25, 0.3) is 0 Å². The molecule has 2 saturated heterocycles. The maximum atomic E-state index is 13.3. The molecular weight excluding hydrogens is 396 g/mol. The lowest BCUT2D eigenvalue weighted by atomic mass is 9.84. The molecule has 3 heterocycles. The molecule has 2 aliphatic rings. The molecule has 8 nitrogen and oxygen atoms in total. The first-order valence-electron chi connectivity index (χ1n) is 11.2. The van der Waals surface area contributed by atoms with E-state index in [1.165, 1.54) is 11.1 Å². The summed E-state index contributed by atoms with van der Waals surface area (Å²) in [5.41, 5.74) is 2.57. The van der Waals surface area contributed by atoms with Crippen molar-refractivity contribution < 1.29 is 18.8 Å². The molecule has 0 radical (unpaired) electrons. The van der Waals surface area contributed by atoms with Crippen LogP contribution in [-0.4, -0.2) is 79.1 Å². The number of aromatic nitrogens is 2. The lowest BCUT2D eigenvalue weighted by Gasteiger charge is -2.40. The van der Waals surface area contributed by atoms with E-state index in [-0.39, 0.29) is 17.9 Å². The number of aryl methyl sites for hydroxylation is 1. The van der Waals surface area contributed by atoms with Gasteiger partial charge in [0.05, 0.1) is 25.7 Å². The number of hydrogen-bond acceptors (Lipinski definition) is 6. The molecule has 1 aromatic heterocycles. The van der Waals surface area contributed by atoms with Crippen molar-refractivity contribution in [1.82, 2.24) is 19.9 Å². The summed E-state index contributed by atoms with van der Waals surface area (Å²) in [6.07, 6.45) is 2.51. The van der Waals surface area contributed by atoms with Crippen LogP contribution >= 0.6 is 0 Å². The van der Waals surface area contributed by atoms with E-state index in [1.807, 2.05) is 9.80 Å². The molecule has 2 atom stereocenters. The van der Waals surface area contributed by atoms with Crippen LogP contribution in [0.1, 0.15) is 48.0 Å². The molecule has 0 aliphatic carbocycles. The van der Waals surface area contributed by atoms with E-state index >= 15 is 0 Å². The summed E-state index contributed by atoms with van der Waals surface area (Å²) in [5.74, 6) is 1.50. The Morgan fingerprint density at radius 1 is 1.13 bits per heavy atom. The standard InChI is InChI=1S/C23H32N4O4/c1-3-17-4-6-18(7-5-17)19-14-20(22-24-21(25-31-22)8-11-29-2)16-27(15-19)23(28)26-9-12-30-13-10-26/h4-7,19-20H,3,8-16H2,1-2H3. The fourth-order valence-corrected chi connectivity index (χ4v) is 4.38. The van der Waals surface area contributed by atoms with Gasteiger partial charge >= 0.3 is 6.03 Å². The first kappa shape index (κ1) is 21.8. The predicted molar refractivity (Wildman–Crippen MR) is 115 cm³/mol. The van der Waals surface area contributed by atoms with Gasteiger partial charge < -0.3 is 23.8 Å². The number of nitrogens with zero attached hydrogens (tertiary/aromatic N) is 4. The lowest BCUT2D eigenvalue weighted by molar-refractivity contribution is 0.0392. The van der Waals surface area contributed by atoms with Crippen LogP contribution in [0.3, 0.4) is 0 Å². The largest absolute Gasteiger partial charge is 0.384 e. The van der Waals surface area contributed by atoms with Gasteiger partial charge in [-0.05, 0) is 24.0 Å². The van der Waals surface area contributed by atoms with E-state index in [4.69, 9.17) is 14.0 Å². The van der Waals surface area contributed by atoms with Gasteiger partial charge in [-0.15, -0.1) is 0 Å². The van der Waals surface area contributed by atoms with E-state index in [2.05, 4.69) is 41.3 Å². The molecule has 2 aliphatic heterocycles. The van der Waals surface area contributed by atoms with Crippen molar-refractivity contribution in [2.24, 2.45) is 0 Å². The van der Waals surface area contributed by atoms with Crippen molar-refractivity contribution in [2.75, 3.05) is 53.1 Å². The Kier molecular flexibility index (Phi) is 7.19. The molecule has 0 N–H and O–H groups in total. The van der Waals surface area contributed by atoms with Crippen molar-refractivity contribution in [3.8, 4) is 0 Å². The monoisotopic (exact) mass is 428 g/mol. The molecule has 1 aromatic carbocycles. The number of urea groups is 1. The SMILES string of the molecule is CCc1ccc(C2CC(c3nc(CCOC)no3)CN(C(=O)N3CCOCC3)C2)cc1. The molecule has 31 heavy (non-hydrogen) atoms. The Morgan fingerprint density at radius 3 is 2.58 bits per heavy atom. The minimum Gasteiger partial charge on any atom is -0.384 e. The second kappa shape index (κ2) is 10.2. The van der Waals surface area contributed by atoms with Crippen molar-refractivity contribution in [3.05, 3.63) is 47.1 Å². The molecule has 168 valence electrons. The summed E-state index contributed by atoms with van der Waals surface area (Å²) >= 11 is 0. The minimum absolute atomic E-state index is 0.0124. The van der Waals surface area contributed by atoms with E-state index in [1.54, 1.807) is 7.11 Å². The summed E-state index contributed by atoms with van der Waals surface area (Å²) in [6.45, 7) is 6.46. The second-order valence-electron chi connectivity index (χ2n) is 8.30. The average molecular weight is 429 g/mol. The van der Waals surface area contributed by atoms with Gasteiger partial charge in [0.2, 0.25) is 5.89 Å². The zero-order chi connectivity index (χ0) is 21.6. The van der Waals surface area contributed by atoms with E-state index in [9.17, 15) is 4.79 Å². The number of likely N-dealkylation sites (tertiary alicyclic amines) is 1. The summed E-state index contributed by atoms with van der Waals surface area (Å²) in [5, 5.41) is 4.11. The summed E-state index contributed by atoms with van der Waals surface area (Å²) in [4.78, 5) is 21.7. The molecule has 0 bridgehead atoms. The average Bonchev–Trinajstić information content (AvgIpc) is 3.31. The van der Waals surface area contributed by atoms with Crippen molar-refractivity contribution >= 4 is 6.03 Å². The summed E-state index contributed by atoms with van der Waals surface area (Å²) in [7, 11) is 1.66. The number of benzene rings is 1. The van der Waals surface area contributed by atoms with Crippen LogP contribution in [0.5, 0.6) is 0 Å². The van der Waals surface area contributed by atoms with Crippen LogP contribution in [-0.2, 0) is 22.3 Å². The molecule has 2 aromatic rings. The van der Waals surface area contributed by atoms with Crippen LogP contribution in [0.4, 0.5) is 4.79 Å². The Labute approximate surface area is 183 Å². The van der Waals surface area contributed by atoms with E-state index in [0.717, 1.165) is 12.8 Å². The number of morpholine rings is 1. The van der Waals surface area contributed by atoms with Crippen LogP contribution in [0.15, 0.2) is 28.8 Å². The van der Waals surface area contributed by atoms with Crippen molar-refractivity contribution in [2.45, 2.75) is 38.0 Å². The molecule has 0 saturated carbocycles. The van der Waals surface area contributed by atoms with Crippen LogP contribution in [0.2, 0.25) is 0 Å². The molecule has 0 spiro atoms. The van der Waals surface area contributed by atoms with Gasteiger partial charge in [0.1, 0.15) is 0 Å². The molecule has 2 fully saturated rings. The predicted octanol–water partition coefficient (Wildman–Crippen LogP) is 2.85. The number of rotatable bonds is 6. The third-order valence-electron chi connectivity index (χ3n) is 6.22. The highest BCUT2D eigenvalue weighted by Crippen LogP contribution is 2.36. The Bertz CT molecular complexity index is 848. The zero-order valence-electron chi connectivity index (χ0n) is 18.5. The topological polar surface area (TPSA) is 80.9 Å². The van der Waals surface area contributed by atoms with E-state index < -0.39 is 0 Å². The molecule has 8 heteroatoms. The fourth-order valence-electron chi connectivity index (χ4n) is 4.38. The molecule has 2 amide bonds. The summed E-state index contributed by atoms with van der Waals surface area (Å²) < 4.78 is 16.1. The third kappa shape index (κ3) is 5.25.